The van der Waals surface area contributed by atoms with Crippen LogP contribution in [-0.4, -0.2) is 39.7 Å². The zero-order valence-corrected chi connectivity index (χ0v) is 20.2. The van der Waals surface area contributed by atoms with Gasteiger partial charge < -0.3 is 19.8 Å². The van der Waals surface area contributed by atoms with E-state index < -0.39 is 39.1 Å². The maximum absolute atomic E-state index is 14.0. The van der Waals surface area contributed by atoms with Crippen LogP contribution < -0.4 is 14.8 Å². The molecule has 0 amide bonds. The second-order valence-electron chi connectivity index (χ2n) is 8.01. The van der Waals surface area contributed by atoms with Crippen LogP contribution in [0.15, 0.2) is 59.6 Å². The number of H-pyrrole nitrogens is 1. The minimum atomic E-state index is -3.64. The van der Waals surface area contributed by atoms with Gasteiger partial charge in [-0.2, -0.15) is 0 Å². The molecule has 0 saturated carbocycles. The largest absolute Gasteiger partial charge is 0.497 e. The molecule has 7 nitrogen and oxygen atoms in total. The number of benzene rings is 3. The Morgan fingerprint density at radius 3 is 2.36 bits per heavy atom. The molecule has 0 spiro atoms. The molecule has 2 N–H and O–H groups in total. The monoisotopic (exact) mass is 518 g/mol. The lowest BCUT2D eigenvalue weighted by molar-refractivity contribution is 0.0970. The molecule has 0 fully saturated rings. The van der Waals surface area contributed by atoms with Crippen LogP contribution in [0.4, 0.5) is 18.9 Å². The Balaban J connectivity index is 1.88. The van der Waals surface area contributed by atoms with Gasteiger partial charge in [0, 0.05) is 58.4 Å². The van der Waals surface area contributed by atoms with E-state index in [1.54, 1.807) is 0 Å². The number of carbonyl (C=O) groups excluding carboxylic acids is 1. The second kappa shape index (κ2) is 9.57. The fourth-order valence-electron chi connectivity index (χ4n) is 3.84. The van der Waals surface area contributed by atoms with Crippen LogP contribution in [0.25, 0.3) is 10.9 Å². The van der Waals surface area contributed by atoms with Gasteiger partial charge in [-0.25, -0.2) is 21.6 Å². The fraction of sp³-hybridized carbons (Fsp3) is 0.160. The van der Waals surface area contributed by atoms with Gasteiger partial charge in [-0.15, -0.1) is 0 Å². The summed E-state index contributed by atoms with van der Waals surface area (Å²) in [5.74, 6) is -3.16. The number of nitrogens with one attached hydrogen (secondary N) is 2. The van der Waals surface area contributed by atoms with E-state index in [9.17, 15) is 26.4 Å². The molecule has 0 aliphatic heterocycles. The van der Waals surface area contributed by atoms with Crippen molar-refractivity contribution in [2.45, 2.75) is 10.9 Å². The van der Waals surface area contributed by atoms with Gasteiger partial charge in [-0.05, 0) is 30.3 Å². The van der Waals surface area contributed by atoms with Gasteiger partial charge in [0.25, 0.3) is 0 Å². The van der Waals surface area contributed by atoms with E-state index in [0.717, 1.165) is 30.5 Å². The molecule has 4 aromatic rings. The molecule has 0 saturated heterocycles. The Morgan fingerprint density at radius 1 is 0.972 bits per heavy atom. The molecule has 3 aromatic carbocycles. The number of Topliss-reactive ketones (excluding diaryl/α,β-unsaturated/α-hetero) is 1. The Kier molecular flexibility index (Phi) is 6.68. The fourth-order valence-corrected chi connectivity index (χ4v) is 4.51. The molecular formula is C25H21F3N2O5S. The van der Waals surface area contributed by atoms with Crippen molar-refractivity contribution in [3.63, 3.8) is 0 Å². The maximum atomic E-state index is 14.0. The van der Waals surface area contributed by atoms with Crippen LogP contribution in [0.1, 0.15) is 22.0 Å². The standard InChI is InChI=1S/C25H21F3N2O5S/c1-34-15-7-14(8-16(9-15)36(3,32)33)30-24(17-5-4-13(26)6-23(17)35-2)25(31)19-12-29-22-11-21(28)20(27)10-18(19)22/h4-12,24,29-30H,1-3H3. The first-order valence-corrected chi connectivity index (χ1v) is 12.4. The summed E-state index contributed by atoms with van der Waals surface area (Å²) in [4.78, 5) is 16.5. The second-order valence-corrected chi connectivity index (χ2v) is 10.0. The number of sulfone groups is 1. The summed E-state index contributed by atoms with van der Waals surface area (Å²) < 4.78 is 76.5. The topological polar surface area (TPSA) is 97.5 Å². The minimum absolute atomic E-state index is 0.0269. The van der Waals surface area contributed by atoms with Gasteiger partial charge >= 0.3 is 0 Å². The minimum Gasteiger partial charge on any atom is -0.497 e. The van der Waals surface area contributed by atoms with Gasteiger partial charge in [0.1, 0.15) is 23.4 Å². The van der Waals surface area contributed by atoms with E-state index in [2.05, 4.69) is 10.3 Å². The molecule has 1 aromatic heterocycles. The summed E-state index contributed by atoms with van der Waals surface area (Å²) in [6.45, 7) is 0. The summed E-state index contributed by atoms with van der Waals surface area (Å²) >= 11 is 0. The summed E-state index contributed by atoms with van der Waals surface area (Å²) in [5, 5.41) is 3.11. The van der Waals surface area contributed by atoms with Crippen molar-refractivity contribution in [2.24, 2.45) is 0 Å². The van der Waals surface area contributed by atoms with Gasteiger partial charge in [0.15, 0.2) is 27.3 Å². The van der Waals surface area contributed by atoms with Crippen molar-refractivity contribution in [1.82, 2.24) is 4.98 Å². The van der Waals surface area contributed by atoms with Crippen LogP contribution in [0.3, 0.4) is 0 Å². The SMILES string of the molecule is COc1cc(NC(C(=O)c2c[nH]c3cc(F)c(F)cc23)c2ccc(F)cc2OC)cc(S(C)(=O)=O)c1. The number of ketones is 1. The number of carbonyl (C=O) groups is 1. The number of aromatic amines is 1. The Labute approximate surface area is 204 Å². The molecule has 36 heavy (non-hydrogen) atoms. The van der Waals surface area contributed by atoms with E-state index in [4.69, 9.17) is 9.47 Å². The van der Waals surface area contributed by atoms with E-state index in [1.807, 2.05) is 0 Å². The van der Waals surface area contributed by atoms with Crippen LogP contribution in [-0.2, 0) is 9.84 Å². The quantitative estimate of drug-likeness (QED) is 0.317. The Bertz CT molecular complexity index is 1580. The average molecular weight is 519 g/mol. The predicted octanol–water partition coefficient (Wildman–Crippen LogP) is 5.04. The van der Waals surface area contributed by atoms with Crippen LogP contribution in [0.2, 0.25) is 0 Å². The van der Waals surface area contributed by atoms with Crippen LogP contribution >= 0.6 is 0 Å². The molecule has 1 atom stereocenters. The molecule has 0 bridgehead atoms. The number of methoxy groups -OCH3 is 2. The highest BCUT2D eigenvalue weighted by molar-refractivity contribution is 7.90. The predicted molar refractivity (Wildman–Crippen MR) is 128 cm³/mol. The number of fused-ring (bicyclic) bond motifs is 1. The number of rotatable bonds is 8. The lowest BCUT2D eigenvalue weighted by atomic mass is 9.95. The summed E-state index contributed by atoms with van der Waals surface area (Å²) in [6, 6.07) is 8.29. The maximum Gasteiger partial charge on any atom is 0.191 e. The number of anilines is 1. The van der Waals surface area contributed by atoms with Crippen molar-refractivity contribution < 1.29 is 35.9 Å². The number of halogens is 3. The van der Waals surface area contributed by atoms with Gasteiger partial charge in [0.2, 0.25) is 0 Å². The van der Waals surface area contributed by atoms with Crippen molar-refractivity contribution >= 4 is 32.2 Å². The summed E-state index contributed by atoms with van der Waals surface area (Å²) in [5.41, 5.74) is 0.656. The van der Waals surface area contributed by atoms with Crippen molar-refractivity contribution in [1.29, 1.82) is 0 Å². The van der Waals surface area contributed by atoms with Crippen molar-refractivity contribution in [3.8, 4) is 11.5 Å². The van der Waals surface area contributed by atoms with Gasteiger partial charge in [-0.1, -0.05) is 0 Å². The highest BCUT2D eigenvalue weighted by Gasteiger charge is 2.28. The third-order valence-corrected chi connectivity index (χ3v) is 6.70. The van der Waals surface area contributed by atoms with E-state index in [0.29, 0.717) is 0 Å². The molecule has 188 valence electrons. The lowest BCUT2D eigenvalue weighted by Crippen LogP contribution is -2.22. The highest BCUT2D eigenvalue weighted by Crippen LogP contribution is 2.35. The third kappa shape index (κ3) is 4.87. The lowest BCUT2D eigenvalue weighted by Gasteiger charge is -2.22. The average Bonchev–Trinajstić information content (AvgIpc) is 3.24. The molecule has 11 heteroatoms. The zero-order valence-electron chi connectivity index (χ0n) is 19.4. The van der Waals surface area contributed by atoms with Crippen molar-refractivity contribution in [3.05, 3.63) is 83.3 Å². The zero-order chi connectivity index (χ0) is 26.2. The summed E-state index contributed by atoms with van der Waals surface area (Å²) in [7, 11) is -0.979. The first-order chi connectivity index (χ1) is 17.0. The third-order valence-electron chi connectivity index (χ3n) is 5.61. The number of hydrogen-bond donors (Lipinski definition) is 2. The molecular weight excluding hydrogens is 497 g/mol. The number of ether oxygens (including phenoxy) is 2. The number of aromatic nitrogens is 1. The molecule has 1 unspecified atom stereocenters. The van der Waals surface area contributed by atoms with Gasteiger partial charge in [0.05, 0.1) is 19.1 Å². The molecule has 4 rings (SSSR count). The van der Waals surface area contributed by atoms with E-state index >= 15 is 0 Å². The smallest absolute Gasteiger partial charge is 0.191 e. The highest BCUT2D eigenvalue weighted by atomic mass is 32.2. The first-order valence-electron chi connectivity index (χ1n) is 10.5. The molecule has 0 aliphatic rings. The summed E-state index contributed by atoms with van der Waals surface area (Å²) in [6.07, 6.45) is 2.33. The van der Waals surface area contributed by atoms with Crippen LogP contribution in [0.5, 0.6) is 11.5 Å². The van der Waals surface area contributed by atoms with E-state index in [-0.39, 0.29) is 44.1 Å². The normalized spacial score (nSPS) is 12.4. The van der Waals surface area contributed by atoms with Gasteiger partial charge in [-0.3, -0.25) is 4.79 Å². The van der Waals surface area contributed by atoms with Crippen molar-refractivity contribution in [2.75, 3.05) is 25.8 Å². The molecule has 1 heterocycles. The molecule has 0 radical (unpaired) electrons. The number of hydrogen-bond acceptors (Lipinski definition) is 6. The molecule has 0 aliphatic carbocycles. The Morgan fingerprint density at radius 2 is 1.69 bits per heavy atom. The Hall–Kier alpha value is -3.99. The van der Waals surface area contributed by atoms with Crippen LogP contribution in [0, 0.1) is 17.5 Å². The van der Waals surface area contributed by atoms with E-state index in [1.165, 1.54) is 44.7 Å². The first kappa shape index (κ1) is 25.1.